The number of thioether (sulfide) groups is 1. The SMILES string of the molecule is CC(=O)Nc1cccc(NC(=O)CSc2cc(C)ccc2C)c1. The lowest BCUT2D eigenvalue weighted by Crippen LogP contribution is -2.14. The van der Waals surface area contributed by atoms with E-state index >= 15 is 0 Å². The zero-order valence-electron chi connectivity index (χ0n) is 13.5. The van der Waals surface area contributed by atoms with Crippen LogP contribution in [0.2, 0.25) is 0 Å². The Morgan fingerprint density at radius 3 is 2.39 bits per heavy atom. The van der Waals surface area contributed by atoms with Crippen molar-refractivity contribution in [3.63, 3.8) is 0 Å². The van der Waals surface area contributed by atoms with E-state index in [1.54, 1.807) is 24.3 Å². The van der Waals surface area contributed by atoms with Gasteiger partial charge in [-0.15, -0.1) is 11.8 Å². The summed E-state index contributed by atoms with van der Waals surface area (Å²) in [5.74, 6) is 0.129. The summed E-state index contributed by atoms with van der Waals surface area (Å²) in [6.45, 7) is 5.53. The highest BCUT2D eigenvalue weighted by atomic mass is 32.2. The maximum absolute atomic E-state index is 12.1. The number of nitrogens with one attached hydrogen (secondary N) is 2. The first-order valence-corrected chi connectivity index (χ1v) is 8.30. The van der Waals surface area contributed by atoms with Gasteiger partial charge in [0.1, 0.15) is 0 Å². The lowest BCUT2D eigenvalue weighted by Gasteiger charge is -2.09. The highest BCUT2D eigenvalue weighted by Crippen LogP contribution is 2.24. The van der Waals surface area contributed by atoms with Crippen LogP contribution in [0, 0.1) is 13.8 Å². The van der Waals surface area contributed by atoms with Gasteiger partial charge in [-0.3, -0.25) is 9.59 Å². The topological polar surface area (TPSA) is 58.2 Å². The van der Waals surface area contributed by atoms with Gasteiger partial charge in [-0.1, -0.05) is 23.8 Å². The van der Waals surface area contributed by atoms with Gasteiger partial charge in [-0.25, -0.2) is 0 Å². The van der Waals surface area contributed by atoms with Crippen LogP contribution in [0.4, 0.5) is 11.4 Å². The van der Waals surface area contributed by atoms with E-state index in [4.69, 9.17) is 0 Å². The molecule has 4 nitrogen and oxygen atoms in total. The van der Waals surface area contributed by atoms with Crippen LogP contribution in [0.15, 0.2) is 47.4 Å². The minimum Gasteiger partial charge on any atom is -0.326 e. The summed E-state index contributed by atoms with van der Waals surface area (Å²) < 4.78 is 0. The Hall–Kier alpha value is -2.27. The van der Waals surface area contributed by atoms with E-state index in [0.717, 1.165) is 4.90 Å². The average Bonchev–Trinajstić information content (AvgIpc) is 2.48. The molecule has 0 atom stereocenters. The van der Waals surface area contributed by atoms with Gasteiger partial charge in [0.25, 0.3) is 0 Å². The molecule has 0 fully saturated rings. The lowest BCUT2D eigenvalue weighted by molar-refractivity contribution is -0.114. The number of amides is 2. The van der Waals surface area contributed by atoms with E-state index in [0.29, 0.717) is 17.1 Å². The van der Waals surface area contributed by atoms with Crippen LogP contribution in [-0.4, -0.2) is 17.6 Å². The molecule has 23 heavy (non-hydrogen) atoms. The highest BCUT2D eigenvalue weighted by molar-refractivity contribution is 8.00. The predicted molar refractivity (Wildman–Crippen MR) is 96.0 cm³/mol. The van der Waals surface area contributed by atoms with Crippen molar-refractivity contribution in [3.05, 3.63) is 53.6 Å². The number of benzene rings is 2. The summed E-state index contributed by atoms with van der Waals surface area (Å²) in [5.41, 5.74) is 3.68. The standard InChI is InChI=1S/C18H20N2O2S/c1-12-7-8-13(2)17(9-12)23-11-18(22)20-16-6-4-5-15(10-16)19-14(3)21/h4-10H,11H2,1-3H3,(H,19,21)(H,20,22). The van der Waals surface area contributed by atoms with Crippen LogP contribution >= 0.6 is 11.8 Å². The molecule has 0 aliphatic heterocycles. The molecule has 5 heteroatoms. The molecular formula is C18H20N2O2S. The minimum atomic E-state index is -0.140. The van der Waals surface area contributed by atoms with Gasteiger partial charge in [-0.2, -0.15) is 0 Å². The molecule has 0 saturated carbocycles. The van der Waals surface area contributed by atoms with Gasteiger partial charge < -0.3 is 10.6 Å². The van der Waals surface area contributed by atoms with Crippen LogP contribution < -0.4 is 10.6 Å². The molecule has 0 radical (unpaired) electrons. The van der Waals surface area contributed by atoms with E-state index in [-0.39, 0.29) is 11.8 Å². The van der Waals surface area contributed by atoms with Gasteiger partial charge in [0.05, 0.1) is 5.75 Å². The molecule has 120 valence electrons. The van der Waals surface area contributed by atoms with Crippen LogP contribution in [0.5, 0.6) is 0 Å². The van der Waals surface area contributed by atoms with Crippen LogP contribution in [0.1, 0.15) is 18.1 Å². The van der Waals surface area contributed by atoms with Gasteiger partial charge >= 0.3 is 0 Å². The third-order valence-electron chi connectivity index (χ3n) is 3.17. The number of aryl methyl sites for hydroxylation is 2. The Morgan fingerprint density at radius 2 is 1.70 bits per heavy atom. The fourth-order valence-electron chi connectivity index (χ4n) is 2.08. The number of carbonyl (C=O) groups is 2. The second-order valence-electron chi connectivity index (χ2n) is 5.37. The summed E-state index contributed by atoms with van der Waals surface area (Å²) in [6.07, 6.45) is 0. The summed E-state index contributed by atoms with van der Waals surface area (Å²) in [4.78, 5) is 24.3. The average molecular weight is 328 g/mol. The molecule has 2 aromatic rings. The first-order valence-electron chi connectivity index (χ1n) is 7.31. The molecule has 2 amide bonds. The summed E-state index contributed by atoms with van der Waals surface area (Å²) in [5, 5.41) is 5.54. The van der Waals surface area contributed by atoms with Crippen molar-refractivity contribution in [2.45, 2.75) is 25.7 Å². The van der Waals surface area contributed by atoms with E-state index in [1.807, 2.05) is 13.8 Å². The third kappa shape index (κ3) is 5.45. The second kappa shape index (κ2) is 7.83. The molecule has 0 unspecified atom stereocenters. The molecular weight excluding hydrogens is 308 g/mol. The van der Waals surface area contributed by atoms with E-state index in [1.165, 1.54) is 29.8 Å². The fraction of sp³-hybridized carbons (Fsp3) is 0.222. The summed E-state index contributed by atoms with van der Waals surface area (Å²) in [6, 6.07) is 13.3. The van der Waals surface area contributed by atoms with Crippen molar-refractivity contribution in [1.82, 2.24) is 0 Å². The monoisotopic (exact) mass is 328 g/mol. The Bertz CT molecular complexity index is 729. The van der Waals surface area contributed by atoms with Crippen molar-refractivity contribution in [1.29, 1.82) is 0 Å². The molecule has 0 bridgehead atoms. The second-order valence-corrected chi connectivity index (χ2v) is 6.38. The van der Waals surface area contributed by atoms with Crippen molar-refractivity contribution in [2.24, 2.45) is 0 Å². The maximum Gasteiger partial charge on any atom is 0.234 e. The molecule has 2 rings (SSSR count). The number of rotatable bonds is 5. The smallest absolute Gasteiger partial charge is 0.234 e. The Morgan fingerprint density at radius 1 is 1.00 bits per heavy atom. The van der Waals surface area contributed by atoms with Gasteiger partial charge in [0.2, 0.25) is 11.8 Å². The molecule has 0 spiro atoms. The Balaban J connectivity index is 1.94. The quantitative estimate of drug-likeness (QED) is 0.816. The van der Waals surface area contributed by atoms with E-state index < -0.39 is 0 Å². The highest BCUT2D eigenvalue weighted by Gasteiger charge is 2.06. The Labute approximate surface area is 140 Å². The molecule has 0 aromatic heterocycles. The first-order chi connectivity index (χ1) is 10.9. The van der Waals surface area contributed by atoms with Gasteiger partial charge in [0.15, 0.2) is 0 Å². The zero-order valence-corrected chi connectivity index (χ0v) is 14.3. The molecule has 0 heterocycles. The molecule has 2 N–H and O–H groups in total. The minimum absolute atomic E-state index is 0.0733. The summed E-state index contributed by atoms with van der Waals surface area (Å²) in [7, 11) is 0. The van der Waals surface area contributed by atoms with Crippen LogP contribution in [0.3, 0.4) is 0 Å². The van der Waals surface area contributed by atoms with Crippen molar-refractivity contribution < 1.29 is 9.59 Å². The Kier molecular flexibility index (Phi) is 5.82. The third-order valence-corrected chi connectivity index (χ3v) is 4.33. The van der Waals surface area contributed by atoms with E-state index in [2.05, 4.69) is 28.8 Å². The molecule has 2 aromatic carbocycles. The largest absolute Gasteiger partial charge is 0.326 e. The van der Waals surface area contributed by atoms with Crippen LogP contribution in [0.25, 0.3) is 0 Å². The predicted octanol–water partition coefficient (Wildman–Crippen LogP) is 3.99. The van der Waals surface area contributed by atoms with Crippen LogP contribution in [-0.2, 0) is 9.59 Å². The van der Waals surface area contributed by atoms with Crippen molar-refractivity contribution >= 4 is 35.0 Å². The number of hydrogen-bond donors (Lipinski definition) is 2. The van der Waals surface area contributed by atoms with Gasteiger partial charge in [0, 0.05) is 23.2 Å². The number of anilines is 2. The number of carbonyl (C=O) groups excluding carboxylic acids is 2. The molecule has 0 aliphatic carbocycles. The van der Waals surface area contributed by atoms with E-state index in [9.17, 15) is 9.59 Å². The summed E-state index contributed by atoms with van der Waals surface area (Å²) >= 11 is 1.52. The maximum atomic E-state index is 12.1. The lowest BCUT2D eigenvalue weighted by atomic mass is 10.2. The van der Waals surface area contributed by atoms with Gasteiger partial charge in [-0.05, 0) is 43.7 Å². The normalized spacial score (nSPS) is 10.2. The zero-order chi connectivity index (χ0) is 16.8. The fourth-order valence-corrected chi connectivity index (χ4v) is 3.00. The van der Waals surface area contributed by atoms with Crippen molar-refractivity contribution in [2.75, 3.05) is 16.4 Å². The first kappa shape index (κ1) is 17.1. The van der Waals surface area contributed by atoms with Crippen molar-refractivity contribution in [3.8, 4) is 0 Å². The number of hydrogen-bond acceptors (Lipinski definition) is 3. The molecule has 0 saturated heterocycles. The molecule has 0 aliphatic rings.